The number of benzene rings is 1. The fraction of sp³-hybridized carbons (Fsp3) is 0.467. The van der Waals surface area contributed by atoms with E-state index < -0.39 is 16.0 Å². The Morgan fingerprint density at radius 1 is 1.35 bits per heavy atom. The van der Waals surface area contributed by atoms with E-state index >= 15 is 0 Å². The molecular formula is C15H16O4S. The number of ether oxygens (including phenoxy) is 1. The van der Waals surface area contributed by atoms with Crippen LogP contribution in [0.15, 0.2) is 35.2 Å². The van der Waals surface area contributed by atoms with Gasteiger partial charge in [-0.2, -0.15) is 0 Å². The van der Waals surface area contributed by atoms with E-state index in [4.69, 9.17) is 4.74 Å². The van der Waals surface area contributed by atoms with Crippen molar-refractivity contribution in [2.24, 2.45) is 17.8 Å². The van der Waals surface area contributed by atoms with Crippen LogP contribution in [0.5, 0.6) is 0 Å². The van der Waals surface area contributed by atoms with Gasteiger partial charge in [-0.1, -0.05) is 18.2 Å². The molecule has 1 aromatic carbocycles. The van der Waals surface area contributed by atoms with Crippen LogP contribution in [0.1, 0.15) is 13.3 Å². The predicted octanol–water partition coefficient (Wildman–Crippen LogP) is 1.56. The molecule has 20 heavy (non-hydrogen) atoms. The van der Waals surface area contributed by atoms with Gasteiger partial charge in [-0.15, -0.1) is 0 Å². The molecule has 0 radical (unpaired) electrons. The normalized spacial score (nSPS) is 32.5. The Kier molecular flexibility index (Phi) is 3.46. The Labute approximate surface area is 120 Å². The fourth-order valence-corrected chi connectivity index (χ4v) is 4.62. The van der Waals surface area contributed by atoms with Crippen LogP contribution in [0.25, 0.3) is 0 Å². The lowest BCUT2D eigenvalue weighted by Crippen LogP contribution is -2.27. The molecule has 0 aromatic heterocycles. The molecule has 2 unspecified atom stereocenters. The van der Waals surface area contributed by atoms with Gasteiger partial charge in [0.25, 0.3) is 0 Å². The van der Waals surface area contributed by atoms with E-state index in [2.05, 4.69) is 0 Å². The van der Waals surface area contributed by atoms with Crippen molar-refractivity contribution in [1.82, 2.24) is 0 Å². The van der Waals surface area contributed by atoms with Gasteiger partial charge in [0.2, 0.25) is 0 Å². The van der Waals surface area contributed by atoms with E-state index in [0.29, 0.717) is 17.9 Å². The number of fused-ring (bicyclic) bond motifs is 1. The van der Waals surface area contributed by atoms with E-state index in [-0.39, 0.29) is 29.5 Å². The first kappa shape index (κ1) is 13.5. The highest BCUT2D eigenvalue weighted by atomic mass is 32.2. The van der Waals surface area contributed by atoms with Crippen LogP contribution in [-0.2, 0) is 25.1 Å². The Morgan fingerprint density at radius 2 is 2.05 bits per heavy atom. The highest BCUT2D eigenvalue weighted by molar-refractivity contribution is 7.86. The molecule has 5 heteroatoms. The Hall–Kier alpha value is -1.49. The minimum absolute atomic E-state index is 0.0322. The molecule has 2 aliphatic carbocycles. The van der Waals surface area contributed by atoms with Gasteiger partial charge in [-0.3, -0.25) is 13.8 Å². The van der Waals surface area contributed by atoms with Crippen molar-refractivity contribution >= 4 is 22.6 Å². The molecule has 2 saturated carbocycles. The fourth-order valence-electron chi connectivity index (χ4n) is 3.10. The number of rotatable bonds is 4. The van der Waals surface area contributed by atoms with Gasteiger partial charge >= 0.3 is 5.97 Å². The molecule has 0 aliphatic heterocycles. The van der Waals surface area contributed by atoms with Crippen molar-refractivity contribution in [1.29, 1.82) is 0 Å². The highest BCUT2D eigenvalue weighted by Crippen LogP contribution is 2.57. The van der Waals surface area contributed by atoms with Crippen LogP contribution >= 0.6 is 0 Å². The number of esters is 1. The van der Waals surface area contributed by atoms with Crippen molar-refractivity contribution in [2.75, 3.05) is 6.61 Å². The summed E-state index contributed by atoms with van der Waals surface area (Å²) < 4.78 is 17.4. The van der Waals surface area contributed by atoms with Crippen molar-refractivity contribution in [2.45, 2.75) is 23.5 Å². The summed E-state index contributed by atoms with van der Waals surface area (Å²) in [6, 6.07) is 9.03. The van der Waals surface area contributed by atoms with Crippen LogP contribution in [0.4, 0.5) is 0 Å². The molecule has 2 aliphatic rings. The summed E-state index contributed by atoms with van der Waals surface area (Å²) in [6.07, 6.45) is 0.536. The second kappa shape index (κ2) is 5.13. The average Bonchev–Trinajstić information content (AvgIpc) is 3.09. The molecular weight excluding hydrogens is 276 g/mol. The lowest BCUT2D eigenvalue weighted by atomic mass is 10.1. The third-order valence-electron chi connectivity index (χ3n) is 4.09. The van der Waals surface area contributed by atoms with Crippen LogP contribution < -0.4 is 0 Å². The molecule has 4 nitrogen and oxygen atoms in total. The summed E-state index contributed by atoms with van der Waals surface area (Å²) in [4.78, 5) is 24.6. The Morgan fingerprint density at radius 3 is 2.60 bits per heavy atom. The minimum Gasteiger partial charge on any atom is -0.466 e. The zero-order chi connectivity index (χ0) is 14.3. The zero-order valence-corrected chi connectivity index (χ0v) is 12.0. The average molecular weight is 292 g/mol. The smallest absolute Gasteiger partial charge is 0.309 e. The summed E-state index contributed by atoms with van der Waals surface area (Å²) in [7, 11) is -1.31. The summed E-state index contributed by atoms with van der Waals surface area (Å²) in [6.45, 7) is 2.09. The van der Waals surface area contributed by atoms with E-state index in [1.807, 2.05) is 18.2 Å². The lowest BCUT2D eigenvalue weighted by Gasteiger charge is -2.12. The first-order valence-electron chi connectivity index (χ1n) is 6.81. The first-order chi connectivity index (χ1) is 9.65. The highest BCUT2D eigenvalue weighted by Gasteiger charge is 2.66. The molecule has 2 fully saturated rings. The molecule has 0 N–H and O–H groups in total. The lowest BCUT2D eigenvalue weighted by molar-refractivity contribution is -0.146. The number of ketones is 1. The van der Waals surface area contributed by atoms with E-state index in [0.717, 1.165) is 0 Å². The SMILES string of the molecule is CCOC(=O)[C@H]1[C@@H]2CC(S(=O)c3ccccc3)C(=O)[C@@H]21. The summed E-state index contributed by atoms with van der Waals surface area (Å²) in [5, 5.41) is -0.460. The van der Waals surface area contributed by atoms with Gasteiger partial charge in [0, 0.05) is 10.8 Å². The molecule has 0 bridgehead atoms. The van der Waals surface area contributed by atoms with Crippen molar-refractivity contribution in [3.8, 4) is 0 Å². The Bertz CT molecular complexity index is 568. The predicted molar refractivity (Wildman–Crippen MR) is 73.4 cm³/mol. The number of hydrogen-bond donors (Lipinski definition) is 0. The van der Waals surface area contributed by atoms with E-state index in [1.165, 1.54) is 0 Å². The monoisotopic (exact) mass is 292 g/mol. The molecule has 5 atom stereocenters. The van der Waals surface area contributed by atoms with Gasteiger partial charge in [-0.05, 0) is 31.4 Å². The largest absolute Gasteiger partial charge is 0.466 e. The topological polar surface area (TPSA) is 60.4 Å². The quantitative estimate of drug-likeness (QED) is 0.790. The summed E-state index contributed by atoms with van der Waals surface area (Å²) in [5.74, 6) is -0.813. The van der Waals surface area contributed by atoms with Crippen LogP contribution in [0.3, 0.4) is 0 Å². The molecule has 1 aromatic rings. The van der Waals surface area contributed by atoms with Gasteiger partial charge in [0.15, 0.2) is 5.78 Å². The van der Waals surface area contributed by atoms with E-state index in [1.54, 1.807) is 19.1 Å². The molecule has 0 saturated heterocycles. The van der Waals surface area contributed by atoms with Crippen LogP contribution in [0, 0.1) is 17.8 Å². The maximum absolute atomic E-state index is 12.4. The third kappa shape index (κ3) is 2.10. The second-order valence-corrected chi connectivity index (χ2v) is 6.84. The molecule has 3 rings (SSSR count). The number of Topliss-reactive ketones (excluding diaryl/α,β-unsaturated/α-hetero) is 1. The van der Waals surface area contributed by atoms with Crippen molar-refractivity contribution < 1.29 is 18.5 Å². The van der Waals surface area contributed by atoms with Gasteiger partial charge in [0.1, 0.15) is 0 Å². The Balaban J connectivity index is 1.69. The van der Waals surface area contributed by atoms with E-state index in [9.17, 15) is 13.8 Å². The number of carbonyl (C=O) groups excluding carboxylic acids is 2. The standard InChI is InChI=1S/C15H16O4S/c1-2-19-15(17)13-10-8-11(14(16)12(10)13)20(18)9-6-4-3-5-7-9/h3-7,10-13H,2,8H2,1H3/t10-,11?,12+,13+,20?/m1/s1. The first-order valence-corrected chi connectivity index (χ1v) is 8.02. The van der Waals surface area contributed by atoms with Crippen LogP contribution in [-0.4, -0.2) is 27.8 Å². The third-order valence-corrected chi connectivity index (χ3v) is 5.77. The van der Waals surface area contributed by atoms with Gasteiger partial charge in [0.05, 0.1) is 28.6 Å². The zero-order valence-electron chi connectivity index (χ0n) is 11.2. The summed E-state index contributed by atoms with van der Waals surface area (Å²) >= 11 is 0. The maximum atomic E-state index is 12.4. The van der Waals surface area contributed by atoms with Crippen molar-refractivity contribution in [3.63, 3.8) is 0 Å². The van der Waals surface area contributed by atoms with Crippen molar-refractivity contribution in [3.05, 3.63) is 30.3 Å². The second-order valence-electron chi connectivity index (χ2n) is 5.20. The number of hydrogen-bond acceptors (Lipinski definition) is 4. The minimum atomic E-state index is -1.31. The van der Waals surface area contributed by atoms with Crippen LogP contribution in [0.2, 0.25) is 0 Å². The molecule has 0 amide bonds. The van der Waals surface area contributed by atoms with Gasteiger partial charge < -0.3 is 4.74 Å². The summed E-state index contributed by atoms with van der Waals surface area (Å²) in [5.41, 5.74) is 0. The number of carbonyl (C=O) groups is 2. The molecule has 106 valence electrons. The molecule has 0 spiro atoms. The molecule has 0 heterocycles. The van der Waals surface area contributed by atoms with Gasteiger partial charge in [-0.25, -0.2) is 0 Å². The maximum Gasteiger partial charge on any atom is 0.309 e.